The monoisotopic (exact) mass is 232 g/mol. The normalized spacial score (nSPS) is 13.6. The van der Waals surface area contributed by atoms with E-state index in [-0.39, 0.29) is 0 Å². The van der Waals surface area contributed by atoms with Gasteiger partial charge in [-0.2, -0.15) is 0 Å². The topological polar surface area (TPSA) is 52.0 Å². The van der Waals surface area contributed by atoms with Crippen LogP contribution in [-0.4, -0.2) is 0 Å². The minimum absolute atomic E-state index is 0.490. The SMILES string of the molecule is CC/C=C(/N)C(C)CCCc1ccc(N)cc1. The molecule has 2 heteroatoms. The number of nitrogen functional groups attached to an aromatic ring is 1. The second kappa shape index (κ2) is 7.00. The summed E-state index contributed by atoms with van der Waals surface area (Å²) in [5.41, 5.74) is 14.8. The summed E-state index contributed by atoms with van der Waals surface area (Å²) in [6.07, 6.45) is 6.56. The van der Waals surface area contributed by atoms with Crippen LogP contribution in [0.4, 0.5) is 5.69 Å². The second-order valence-corrected chi connectivity index (χ2v) is 4.65. The van der Waals surface area contributed by atoms with Crippen molar-refractivity contribution in [2.45, 2.75) is 39.5 Å². The fourth-order valence-corrected chi connectivity index (χ4v) is 1.90. The molecule has 1 unspecified atom stereocenters. The van der Waals surface area contributed by atoms with Gasteiger partial charge < -0.3 is 11.5 Å². The third-order valence-corrected chi connectivity index (χ3v) is 3.09. The van der Waals surface area contributed by atoms with Crippen molar-refractivity contribution in [3.63, 3.8) is 0 Å². The molecule has 4 N–H and O–H groups in total. The van der Waals surface area contributed by atoms with E-state index in [1.54, 1.807) is 0 Å². The van der Waals surface area contributed by atoms with Crippen molar-refractivity contribution in [1.82, 2.24) is 0 Å². The van der Waals surface area contributed by atoms with E-state index >= 15 is 0 Å². The number of benzene rings is 1. The molecule has 0 bridgehead atoms. The maximum absolute atomic E-state index is 5.97. The second-order valence-electron chi connectivity index (χ2n) is 4.65. The largest absolute Gasteiger partial charge is 0.402 e. The van der Waals surface area contributed by atoms with Gasteiger partial charge in [0.05, 0.1) is 0 Å². The maximum Gasteiger partial charge on any atom is 0.0314 e. The molecule has 17 heavy (non-hydrogen) atoms. The highest BCUT2D eigenvalue weighted by Crippen LogP contribution is 2.16. The van der Waals surface area contributed by atoms with Crippen molar-refractivity contribution >= 4 is 5.69 Å². The van der Waals surface area contributed by atoms with E-state index in [1.807, 2.05) is 12.1 Å². The van der Waals surface area contributed by atoms with Gasteiger partial charge >= 0.3 is 0 Å². The van der Waals surface area contributed by atoms with Crippen molar-refractivity contribution in [3.05, 3.63) is 41.6 Å². The highest BCUT2D eigenvalue weighted by molar-refractivity contribution is 5.39. The molecule has 0 aliphatic heterocycles. The Bertz CT molecular complexity index is 352. The lowest BCUT2D eigenvalue weighted by Gasteiger charge is -2.11. The van der Waals surface area contributed by atoms with Gasteiger partial charge in [-0.3, -0.25) is 0 Å². The molecule has 0 saturated heterocycles. The highest BCUT2D eigenvalue weighted by Gasteiger charge is 2.04. The molecule has 1 aromatic carbocycles. The predicted octanol–water partition coefficient (Wildman–Crippen LogP) is 3.48. The highest BCUT2D eigenvalue weighted by atomic mass is 14.6. The number of anilines is 1. The third-order valence-electron chi connectivity index (χ3n) is 3.09. The average Bonchev–Trinajstić information content (AvgIpc) is 2.32. The number of rotatable bonds is 6. The van der Waals surface area contributed by atoms with Crippen LogP contribution in [0.1, 0.15) is 38.7 Å². The molecule has 2 nitrogen and oxygen atoms in total. The van der Waals surface area contributed by atoms with E-state index < -0.39 is 0 Å². The summed E-state index contributed by atoms with van der Waals surface area (Å²) in [4.78, 5) is 0. The fraction of sp³-hybridized carbons (Fsp3) is 0.467. The molecule has 0 aromatic heterocycles. The summed E-state index contributed by atoms with van der Waals surface area (Å²) in [6, 6.07) is 8.13. The lowest BCUT2D eigenvalue weighted by molar-refractivity contribution is 0.572. The Morgan fingerprint density at radius 3 is 2.53 bits per heavy atom. The van der Waals surface area contributed by atoms with Crippen molar-refractivity contribution < 1.29 is 0 Å². The Morgan fingerprint density at radius 2 is 1.94 bits per heavy atom. The minimum atomic E-state index is 0.490. The number of hydrogen-bond donors (Lipinski definition) is 2. The van der Waals surface area contributed by atoms with Crippen molar-refractivity contribution in [2.75, 3.05) is 5.73 Å². The molecule has 1 rings (SSSR count). The van der Waals surface area contributed by atoms with Gasteiger partial charge in [0, 0.05) is 11.4 Å². The smallest absolute Gasteiger partial charge is 0.0314 e. The van der Waals surface area contributed by atoms with Gasteiger partial charge in [-0.1, -0.05) is 32.1 Å². The lowest BCUT2D eigenvalue weighted by Crippen LogP contribution is -2.08. The third kappa shape index (κ3) is 4.94. The summed E-state index contributed by atoms with van der Waals surface area (Å²) in [5.74, 6) is 0.490. The Kier molecular flexibility index (Phi) is 5.61. The van der Waals surface area contributed by atoms with Crippen molar-refractivity contribution in [2.24, 2.45) is 11.7 Å². The molecule has 94 valence electrons. The Morgan fingerprint density at radius 1 is 1.29 bits per heavy atom. The van der Waals surface area contributed by atoms with Crippen LogP contribution in [0, 0.1) is 5.92 Å². The molecule has 0 aliphatic rings. The first-order valence-corrected chi connectivity index (χ1v) is 6.43. The molecule has 0 spiro atoms. The molecular formula is C15H24N2. The van der Waals surface area contributed by atoms with Crippen LogP contribution in [-0.2, 0) is 6.42 Å². The molecule has 0 aliphatic carbocycles. The van der Waals surface area contributed by atoms with E-state index in [1.165, 1.54) is 12.0 Å². The maximum atomic E-state index is 5.97. The summed E-state index contributed by atoms with van der Waals surface area (Å²) in [5, 5.41) is 0. The quantitative estimate of drug-likeness (QED) is 0.738. The van der Waals surface area contributed by atoms with Gasteiger partial charge in [0.15, 0.2) is 0 Å². The Hall–Kier alpha value is -1.44. The number of allylic oxidation sites excluding steroid dienone is 2. The number of nitrogens with two attached hydrogens (primary N) is 2. The van der Waals surface area contributed by atoms with E-state index in [9.17, 15) is 0 Å². The first-order valence-electron chi connectivity index (χ1n) is 6.43. The van der Waals surface area contributed by atoms with Gasteiger partial charge in [-0.05, 0) is 49.3 Å². The number of aryl methyl sites for hydroxylation is 1. The van der Waals surface area contributed by atoms with Crippen molar-refractivity contribution in [1.29, 1.82) is 0 Å². The van der Waals surface area contributed by atoms with Crippen LogP contribution < -0.4 is 11.5 Å². The van der Waals surface area contributed by atoms with Crippen LogP contribution in [0.2, 0.25) is 0 Å². The van der Waals surface area contributed by atoms with E-state index in [0.717, 1.165) is 30.6 Å². The summed E-state index contributed by atoms with van der Waals surface area (Å²) >= 11 is 0. The van der Waals surface area contributed by atoms with Gasteiger partial charge in [-0.15, -0.1) is 0 Å². The fourth-order valence-electron chi connectivity index (χ4n) is 1.90. The molecule has 0 amide bonds. The average molecular weight is 232 g/mol. The summed E-state index contributed by atoms with van der Waals surface area (Å²) < 4.78 is 0. The van der Waals surface area contributed by atoms with Gasteiger partial charge in [-0.25, -0.2) is 0 Å². The molecule has 0 heterocycles. The van der Waals surface area contributed by atoms with E-state index in [0.29, 0.717) is 5.92 Å². The lowest BCUT2D eigenvalue weighted by atomic mass is 9.98. The Labute approximate surface area is 105 Å². The minimum Gasteiger partial charge on any atom is -0.402 e. The van der Waals surface area contributed by atoms with Crippen molar-refractivity contribution in [3.8, 4) is 0 Å². The van der Waals surface area contributed by atoms with E-state index in [2.05, 4.69) is 32.1 Å². The molecule has 0 fully saturated rings. The van der Waals surface area contributed by atoms with E-state index in [4.69, 9.17) is 11.5 Å². The van der Waals surface area contributed by atoms with Gasteiger partial charge in [0.25, 0.3) is 0 Å². The van der Waals surface area contributed by atoms with Crippen LogP contribution in [0.3, 0.4) is 0 Å². The van der Waals surface area contributed by atoms with Crippen LogP contribution in [0.25, 0.3) is 0 Å². The summed E-state index contributed by atoms with van der Waals surface area (Å²) in [7, 11) is 0. The molecule has 1 atom stereocenters. The Balaban J connectivity index is 2.32. The first-order chi connectivity index (χ1) is 8.13. The zero-order chi connectivity index (χ0) is 12.7. The standard InChI is InChI=1S/C15H24N2/c1-3-5-15(17)12(2)6-4-7-13-8-10-14(16)11-9-13/h5,8-12H,3-4,6-7,16-17H2,1-2H3/b15-5+. The van der Waals surface area contributed by atoms with Gasteiger partial charge in [0.1, 0.15) is 0 Å². The molecule has 0 radical (unpaired) electrons. The number of hydrogen-bond acceptors (Lipinski definition) is 2. The zero-order valence-corrected chi connectivity index (χ0v) is 10.9. The van der Waals surface area contributed by atoms with Crippen LogP contribution in [0.15, 0.2) is 36.0 Å². The first kappa shape index (κ1) is 13.6. The summed E-state index contributed by atoms with van der Waals surface area (Å²) in [6.45, 7) is 4.32. The zero-order valence-electron chi connectivity index (χ0n) is 10.9. The van der Waals surface area contributed by atoms with Crippen LogP contribution >= 0.6 is 0 Å². The predicted molar refractivity (Wildman–Crippen MR) is 75.5 cm³/mol. The van der Waals surface area contributed by atoms with Crippen LogP contribution in [0.5, 0.6) is 0 Å². The van der Waals surface area contributed by atoms with Gasteiger partial charge in [0.2, 0.25) is 0 Å². The molecular weight excluding hydrogens is 208 g/mol. The molecule has 1 aromatic rings. The molecule has 0 saturated carbocycles.